The molecule has 0 unspecified atom stereocenters. The second kappa shape index (κ2) is 14.9. The molecule has 1 aliphatic rings. The minimum absolute atomic E-state index is 0.0370. The smallest absolute Gasteiger partial charge is 0.264 e. The highest BCUT2D eigenvalue weighted by Crippen LogP contribution is 2.32. The monoisotopic (exact) mass is 639 g/mol. The van der Waals surface area contributed by atoms with Crippen molar-refractivity contribution in [3.63, 3.8) is 0 Å². The van der Waals surface area contributed by atoms with Gasteiger partial charge in [-0.3, -0.25) is 13.9 Å². The van der Waals surface area contributed by atoms with Crippen LogP contribution in [0.3, 0.4) is 0 Å². The van der Waals surface area contributed by atoms with Gasteiger partial charge in [-0.25, -0.2) is 8.42 Å². The molecule has 1 aliphatic carbocycles. The fourth-order valence-corrected chi connectivity index (χ4v) is 7.19. The summed E-state index contributed by atoms with van der Waals surface area (Å²) in [5.74, 6) is -0.347. The molecule has 0 heterocycles. The number of anilines is 1. The quantitative estimate of drug-likeness (QED) is 0.247. The molecule has 1 atom stereocenters. The molecular weight excluding hydrogens is 598 g/mol. The van der Waals surface area contributed by atoms with E-state index in [9.17, 15) is 18.0 Å². The summed E-state index contributed by atoms with van der Waals surface area (Å²) in [7, 11) is -2.73. The van der Waals surface area contributed by atoms with Gasteiger partial charge in [0.1, 0.15) is 18.3 Å². The van der Waals surface area contributed by atoms with Gasteiger partial charge in [-0.1, -0.05) is 85.3 Å². The number of carbonyl (C=O) groups is 2. The van der Waals surface area contributed by atoms with E-state index in [4.69, 9.17) is 16.3 Å². The molecule has 0 aromatic heterocycles. The summed E-state index contributed by atoms with van der Waals surface area (Å²) in [5, 5.41) is 3.38. The lowest BCUT2D eigenvalue weighted by Crippen LogP contribution is -2.54. The lowest BCUT2D eigenvalue weighted by atomic mass is 9.95. The fourth-order valence-electron chi connectivity index (χ4n) is 5.53. The average molecular weight is 640 g/mol. The van der Waals surface area contributed by atoms with Gasteiger partial charge in [0.25, 0.3) is 10.0 Å². The Morgan fingerprint density at radius 2 is 1.57 bits per heavy atom. The van der Waals surface area contributed by atoms with E-state index in [1.807, 2.05) is 45.0 Å². The lowest BCUT2D eigenvalue weighted by molar-refractivity contribution is -0.140. The molecule has 3 aromatic rings. The highest BCUT2D eigenvalue weighted by Gasteiger charge is 2.34. The first-order valence-corrected chi connectivity index (χ1v) is 16.9. The van der Waals surface area contributed by atoms with E-state index in [0.29, 0.717) is 12.2 Å². The Hall–Kier alpha value is -3.56. The van der Waals surface area contributed by atoms with Gasteiger partial charge in [0, 0.05) is 12.6 Å². The molecule has 236 valence electrons. The number of hydrogen-bond acceptors (Lipinski definition) is 5. The number of aryl methyl sites for hydroxylation is 2. The summed E-state index contributed by atoms with van der Waals surface area (Å²) in [6, 6.07) is 18.1. The van der Waals surface area contributed by atoms with E-state index in [2.05, 4.69) is 5.32 Å². The van der Waals surface area contributed by atoms with Gasteiger partial charge in [0.15, 0.2) is 0 Å². The third-order valence-electron chi connectivity index (χ3n) is 8.12. The SMILES string of the molecule is CC[C@H](C(=O)NC1CCCCC1)N(Cc1ccc(C)cc1)C(=O)CN(c1ccc(OC)c(Cl)c1)S(=O)(=O)c1ccc(C)cc1. The summed E-state index contributed by atoms with van der Waals surface area (Å²) in [6.07, 6.45) is 5.47. The largest absolute Gasteiger partial charge is 0.495 e. The molecule has 10 heteroatoms. The second-order valence-electron chi connectivity index (χ2n) is 11.4. The summed E-state index contributed by atoms with van der Waals surface area (Å²) in [5.41, 5.74) is 3.02. The summed E-state index contributed by atoms with van der Waals surface area (Å²) in [6.45, 7) is 5.33. The number of ether oxygens (including phenoxy) is 1. The number of carbonyl (C=O) groups excluding carboxylic acids is 2. The number of benzene rings is 3. The van der Waals surface area contributed by atoms with Crippen molar-refractivity contribution in [2.45, 2.75) is 82.8 Å². The molecule has 44 heavy (non-hydrogen) atoms. The van der Waals surface area contributed by atoms with Crippen molar-refractivity contribution >= 4 is 39.1 Å². The van der Waals surface area contributed by atoms with Crippen molar-refractivity contribution in [1.82, 2.24) is 10.2 Å². The number of nitrogens with zero attached hydrogens (tertiary/aromatic N) is 2. The maximum Gasteiger partial charge on any atom is 0.264 e. The van der Waals surface area contributed by atoms with Gasteiger partial charge >= 0.3 is 0 Å². The van der Waals surface area contributed by atoms with Gasteiger partial charge in [0.05, 0.1) is 22.7 Å². The topological polar surface area (TPSA) is 96.0 Å². The number of halogens is 1. The van der Waals surface area contributed by atoms with Crippen LogP contribution in [0.25, 0.3) is 0 Å². The van der Waals surface area contributed by atoms with Crippen LogP contribution in [0.15, 0.2) is 71.6 Å². The van der Waals surface area contributed by atoms with Gasteiger partial charge < -0.3 is 15.0 Å². The summed E-state index contributed by atoms with van der Waals surface area (Å²) < 4.78 is 34.5. The van der Waals surface area contributed by atoms with Gasteiger partial charge in [-0.2, -0.15) is 0 Å². The molecule has 0 bridgehead atoms. The highest BCUT2D eigenvalue weighted by molar-refractivity contribution is 7.92. The Morgan fingerprint density at radius 3 is 2.14 bits per heavy atom. The van der Waals surface area contributed by atoms with E-state index in [0.717, 1.165) is 53.1 Å². The zero-order chi connectivity index (χ0) is 31.9. The Labute approximate surface area is 266 Å². The van der Waals surface area contributed by atoms with Crippen LogP contribution in [0.2, 0.25) is 5.02 Å². The maximum absolute atomic E-state index is 14.3. The maximum atomic E-state index is 14.3. The first kappa shape index (κ1) is 33.3. The Kier molecular flexibility index (Phi) is 11.3. The molecule has 0 aliphatic heterocycles. The van der Waals surface area contributed by atoms with Crippen LogP contribution in [0.5, 0.6) is 5.75 Å². The van der Waals surface area contributed by atoms with Crippen LogP contribution in [0.4, 0.5) is 5.69 Å². The fraction of sp³-hybridized carbons (Fsp3) is 0.412. The predicted octanol–water partition coefficient (Wildman–Crippen LogP) is 6.42. The molecule has 1 saturated carbocycles. The zero-order valence-electron chi connectivity index (χ0n) is 25.9. The third-order valence-corrected chi connectivity index (χ3v) is 10.2. The predicted molar refractivity (Wildman–Crippen MR) is 175 cm³/mol. The van der Waals surface area contributed by atoms with Crippen LogP contribution < -0.4 is 14.4 Å². The number of nitrogens with one attached hydrogen (secondary N) is 1. The summed E-state index contributed by atoms with van der Waals surface area (Å²) in [4.78, 5) is 29.5. The van der Waals surface area contributed by atoms with E-state index in [1.165, 1.54) is 30.2 Å². The zero-order valence-corrected chi connectivity index (χ0v) is 27.5. The first-order valence-electron chi connectivity index (χ1n) is 15.1. The normalized spacial score (nSPS) is 14.5. The number of amides is 2. The van der Waals surface area contributed by atoms with Gasteiger partial charge in [0.2, 0.25) is 11.8 Å². The van der Waals surface area contributed by atoms with Crippen LogP contribution in [0, 0.1) is 13.8 Å². The highest BCUT2D eigenvalue weighted by atomic mass is 35.5. The van der Waals surface area contributed by atoms with E-state index >= 15 is 0 Å². The minimum atomic E-state index is -4.20. The number of rotatable bonds is 12. The van der Waals surface area contributed by atoms with E-state index in [-0.39, 0.29) is 34.1 Å². The molecule has 1 N–H and O–H groups in total. The summed E-state index contributed by atoms with van der Waals surface area (Å²) >= 11 is 6.42. The Bertz CT molecular complexity index is 1540. The molecule has 8 nitrogen and oxygen atoms in total. The molecular formula is C34H42ClN3O5S. The average Bonchev–Trinajstić information content (AvgIpc) is 3.01. The number of sulfonamides is 1. The number of hydrogen-bond donors (Lipinski definition) is 1. The number of methoxy groups -OCH3 is 1. The molecule has 4 rings (SSSR count). The van der Waals surface area contributed by atoms with Gasteiger partial charge in [-0.15, -0.1) is 0 Å². The van der Waals surface area contributed by atoms with Crippen molar-refractivity contribution in [3.05, 3.63) is 88.4 Å². The Morgan fingerprint density at radius 1 is 0.955 bits per heavy atom. The molecule has 0 spiro atoms. The van der Waals surface area contributed by atoms with Crippen LogP contribution >= 0.6 is 11.6 Å². The van der Waals surface area contributed by atoms with Crippen molar-refractivity contribution in [1.29, 1.82) is 0 Å². The molecule has 0 radical (unpaired) electrons. The van der Waals surface area contributed by atoms with Crippen molar-refractivity contribution in [3.8, 4) is 5.75 Å². The third kappa shape index (κ3) is 8.12. The van der Waals surface area contributed by atoms with E-state index < -0.39 is 28.5 Å². The lowest BCUT2D eigenvalue weighted by Gasteiger charge is -2.34. The van der Waals surface area contributed by atoms with Crippen molar-refractivity contribution in [2.75, 3.05) is 18.0 Å². The Balaban J connectivity index is 1.73. The molecule has 1 fully saturated rings. The standard InChI is InChI=1S/C34H42ClN3O5S/c1-5-31(34(40)36-27-9-7-6-8-10-27)37(22-26-15-11-24(2)12-16-26)33(39)23-38(28-17-20-32(43-4)30(35)21-28)44(41,42)29-18-13-25(3)14-19-29/h11-21,27,31H,5-10,22-23H2,1-4H3,(H,36,40)/t31-/m1/s1. The first-order chi connectivity index (χ1) is 21.0. The van der Waals surface area contributed by atoms with Gasteiger partial charge in [-0.05, 0) is 69.0 Å². The minimum Gasteiger partial charge on any atom is -0.495 e. The molecule has 0 saturated heterocycles. The molecule has 2 amide bonds. The van der Waals surface area contributed by atoms with Crippen molar-refractivity contribution < 1.29 is 22.7 Å². The van der Waals surface area contributed by atoms with E-state index in [1.54, 1.807) is 24.3 Å². The van der Waals surface area contributed by atoms with Crippen LogP contribution in [0.1, 0.15) is 62.1 Å². The van der Waals surface area contributed by atoms with Crippen LogP contribution in [-0.4, -0.2) is 50.9 Å². The molecule has 3 aromatic carbocycles. The second-order valence-corrected chi connectivity index (χ2v) is 13.7. The van der Waals surface area contributed by atoms with Crippen LogP contribution in [-0.2, 0) is 26.2 Å². The van der Waals surface area contributed by atoms with Crippen molar-refractivity contribution in [2.24, 2.45) is 0 Å².